The number of rotatable bonds is 7. The van der Waals surface area contributed by atoms with Gasteiger partial charge in [0.15, 0.2) is 4.80 Å². The van der Waals surface area contributed by atoms with Crippen molar-refractivity contribution in [2.75, 3.05) is 19.5 Å². The van der Waals surface area contributed by atoms with Crippen LogP contribution in [-0.2, 0) is 11.3 Å². The maximum absolute atomic E-state index is 12.6. The van der Waals surface area contributed by atoms with E-state index >= 15 is 0 Å². The molecule has 3 rings (SSSR count). The van der Waals surface area contributed by atoms with E-state index in [1.807, 2.05) is 12.1 Å². The normalized spacial score (nSPS) is 11.9. The van der Waals surface area contributed by atoms with Gasteiger partial charge in [0.2, 0.25) is 0 Å². The Kier molecular flexibility index (Phi) is 6.61. The molecule has 0 N–H and O–H groups in total. The molecule has 1 amide bonds. The number of aromatic nitrogens is 1. The second-order valence-electron chi connectivity index (χ2n) is 5.81. The zero-order valence-electron chi connectivity index (χ0n) is 15.5. The highest BCUT2D eigenvalue weighted by Gasteiger charge is 2.13. The van der Waals surface area contributed by atoms with Crippen LogP contribution in [0.5, 0.6) is 0 Å². The van der Waals surface area contributed by atoms with Crippen molar-refractivity contribution >= 4 is 44.9 Å². The van der Waals surface area contributed by atoms with Gasteiger partial charge in [0.05, 0.1) is 21.7 Å². The van der Waals surface area contributed by atoms with E-state index in [-0.39, 0.29) is 11.6 Å². The van der Waals surface area contributed by atoms with Crippen LogP contribution in [0.2, 0.25) is 0 Å². The van der Waals surface area contributed by atoms with Gasteiger partial charge in [-0.15, -0.1) is 11.8 Å². The predicted molar refractivity (Wildman–Crippen MR) is 111 cm³/mol. The number of ether oxygens (including phenoxy) is 1. The summed E-state index contributed by atoms with van der Waals surface area (Å²) in [6.45, 7) is 2.92. The van der Waals surface area contributed by atoms with E-state index in [9.17, 15) is 14.9 Å². The van der Waals surface area contributed by atoms with Crippen LogP contribution in [0, 0.1) is 10.1 Å². The molecule has 9 heteroatoms. The lowest BCUT2D eigenvalue weighted by molar-refractivity contribution is -0.384. The molecule has 7 nitrogen and oxygen atoms in total. The van der Waals surface area contributed by atoms with Crippen LogP contribution in [0.1, 0.15) is 17.3 Å². The zero-order valence-corrected chi connectivity index (χ0v) is 17.1. The van der Waals surface area contributed by atoms with Gasteiger partial charge in [0.1, 0.15) is 0 Å². The van der Waals surface area contributed by atoms with Crippen LogP contribution >= 0.6 is 23.1 Å². The number of non-ortho nitro benzene ring substituents is 1. The highest BCUT2D eigenvalue weighted by Crippen LogP contribution is 2.23. The number of nitrogens with zero attached hydrogens (tertiary/aromatic N) is 3. The quantitative estimate of drug-likeness (QED) is 0.328. The number of hydrogen-bond donors (Lipinski definition) is 0. The molecule has 28 heavy (non-hydrogen) atoms. The van der Waals surface area contributed by atoms with Gasteiger partial charge in [-0.2, -0.15) is 4.99 Å². The molecule has 1 aromatic heterocycles. The summed E-state index contributed by atoms with van der Waals surface area (Å²) in [5, 5.41) is 11.1. The second-order valence-corrected chi connectivity index (χ2v) is 8.16. The van der Waals surface area contributed by atoms with E-state index in [1.165, 1.54) is 23.5 Å². The number of carbonyl (C=O) groups excluding carboxylic acids is 1. The molecule has 0 aliphatic carbocycles. The van der Waals surface area contributed by atoms with Crippen molar-refractivity contribution in [2.24, 2.45) is 4.99 Å². The van der Waals surface area contributed by atoms with Crippen molar-refractivity contribution in [3.8, 4) is 0 Å². The lowest BCUT2D eigenvalue weighted by atomic mass is 10.2. The molecule has 0 radical (unpaired) electrons. The van der Waals surface area contributed by atoms with Crippen LogP contribution in [0.15, 0.2) is 52.4 Å². The van der Waals surface area contributed by atoms with Crippen molar-refractivity contribution in [3.63, 3.8) is 0 Å². The Morgan fingerprint density at radius 3 is 2.68 bits per heavy atom. The number of fused-ring (bicyclic) bond motifs is 1. The van der Waals surface area contributed by atoms with Crippen molar-refractivity contribution in [3.05, 3.63) is 62.9 Å². The third-order valence-electron chi connectivity index (χ3n) is 4.00. The predicted octanol–water partition coefficient (Wildman–Crippen LogP) is 4.11. The number of nitro groups is 1. The molecule has 0 saturated carbocycles. The number of carbonyl (C=O) groups is 1. The molecule has 0 spiro atoms. The fraction of sp³-hybridized carbons (Fsp3) is 0.263. The van der Waals surface area contributed by atoms with E-state index in [2.05, 4.69) is 11.9 Å². The zero-order chi connectivity index (χ0) is 20.1. The van der Waals surface area contributed by atoms with Crippen LogP contribution < -0.4 is 4.80 Å². The molecule has 2 aromatic carbocycles. The van der Waals surface area contributed by atoms with Gasteiger partial charge in [0, 0.05) is 36.2 Å². The molecule has 0 bridgehead atoms. The third kappa shape index (κ3) is 4.49. The summed E-state index contributed by atoms with van der Waals surface area (Å²) in [6, 6.07) is 12.0. The Balaban J connectivity index is 2.04. The third-order valence-corrected chi connectivity index (χ3v) is 5.96. The molecule has 1 heterocycles. The summed E-state index contributed by atoms with van der Waals surface area (Å²) in [6.07, 6.45) is 0. The van der Waals surface area contributed by atoms with Gasteiger partial charge in [-0.05, 0) is 36.1 Å². The minimum Gasteiger partial charge on any atom is -0.383 e. The summed E-state index contributed by atoms with van der Waals surface area (Å²) in [5.41, 5.74) is 1.16. The molecule has 0 atom stereocenters. The van der Waals surface area contributed by atoms with E-state index in [0.717, 1.165) is 15.3 Å². The van der Waals surface area contributed by atoms with Crippen LogP contribution in [-0.4, -0.2) is 34.9 Å². The summed E-state index contributed by atoms with van der Waals surface area (Å²) in [4.78, 5) is 29.2. The molecule has 0 fully saturated rings. The number of amides is 1. The Hall–Kier alpha value is -2.49. The average Bonchev–Trinajstić information content (AvgIpc) is 3.03. The number of methoxy groups -OCH3 is 1. The van der Waals surface area contributed by atoms with Gasteiger partial charge in [-0.25, -0.2) is 0 Å². The second kappa shape index (κ2) is 9.13. The van der Waals surface area contributed by atoms with Crippen LogP contribution in [0.4, 0.5) is 5.69 Å². The van der Waals surface area contributed by atoms with Crippen molar-refractivity contribution in [1.82, 2.24) is 4.57 Å². The van der Waals surface area contributed by atoms with Crippen molar-refractivity contribution in [2.45, 2.75) is 18.4 Å². The molecule has 146 valence electrons. The number of benzene rings is 2. The first kappa shape index (κ1) is 20.2. The maximum Gasteiger partial charge on any atom is 0.279 e. The minimum atomic E-state index is -0.435. The molecule has 0 aliphatic heterocycles. The van der Waals surface area contributed by atoms with Crippen LogP contribution in [0.3, 0.4) is 0 Å². The molecule has 0 aliphatic rings. The number of thioether (sulfide) groups is 1. The van der Waals surface area contributed by atoms with Gasteiger partial charge in [-0.3, -0.25) is 14.9 Å². The number of thiazole rings is 1. The first-order valence-corrected chi connectivity index (χ1v) is 10.4. The largest absolute Gasteiger partial charge is 0.383 e. The van der Waals surface area contributed by atoms with E-state index in [4.69, 9.17) is 4.74 Å². The molecule has 3 aromatic rings. The van der Waals surface area contributed by atoms with E-state index in [1.54, 1.807) is 41.6 Å². The van der Waals surface area contributed by atoms with Gasteiger partial charge >= 0.3 is 0 Å². The summed E-state index contributed by atoms with van der Waals surface area (Å²) in [5.74, 6) is 0.616. The highest BCUT2D eigenvalue weighted by molar-refractivity contribution is 7.99. The molecular weight excluding hydrogens is 398 g/mol. The summed E-state index contributed by atoms with van der Waals surface area (Å²) in [7, 11) is 1.58. The average molecular weight is 418 g/mol. The lowest BCUT2D eigenvalue weighted by Crippen LogP contribution is -2.19. The smallest absolute Gasteiger partial charge is 0.279 e. The number of hydrogen-bond acceptors (Lipinski definition) is 6. The lowest BCUT2D eigenvalue weighted by Gasteiger charge is -2.04. The summed E-state index contributed by atoms with van der Waals surface area (Å²) < 4.78 is 7.75. The highest BCUT2D eigenvalue weighted by atomic mass is 32.2. The molecular formula is C19H19N3O4S2. The fourth-order valence-corrected chi connectivity index (χ4v) is 4.36. The van der Waals surface area contributed by atoms with Crippen LogP contribution in [0.25, 0.3) is 10.2 Å². The van der Waals surface area contributed by atoms with Gasteiger partial charge in [0.25, 0.3) is 11.6 Å². The monoisotopic (exact) mass is 417 g/mol. The first-order valence-electron chi connectivity index (χ1n) is 8.62. The molecule has 0 saturated heterocycles. The Morgan fingerprint density at radius 2 is 2.04 bits per heavy atom. The maximum atomic E-state index is 12.6. The Labute approximate surface area is 169 Å². The fourth-order valence-electron chi connectivity index (χ4n) is 2.67. The summed E-state index contributed by atoms with van der Waals surface area (Å²) >= 11 is 3.03. The van der Waals surface area contributed by atoms with E-state index in [0.29, 0.717) is 29.0 Å². The minimum absolute atomic E-state index is 0.00152. The standard InChI is InChI=1S/C19H19N3O4S2/c1-3-27-15-7-4-13(5-8-15)18(23)20-19-21(10-11-26-2)16-12-14(22(24)25)6-9-17(16)28-19/h4-9,12H,3,10-11H2,1-2H3. The Morgan fingerprint density at radius 1 is 1.29 bits per heavy atom. The van der Waals surface area contributed by atoms with Crippen molar-refractivity contribution in [1.29, 1.82) is 0 Å². The SMILES string of the molecule is CCSc1ccc(C(=O)N=c2sc3ccc([N+](=O)[O-])cc3n2CCOC)cc1. The van der Waals surface area contributed by atoms with E-state index < -0.39 is 4.92 Å². The number of nitro benzene ring substituents is 1. The topological polar surface area (TPSA) is 86.7 Å². The Bertz CT molecular complexity index is 1070. The molecule has 0 unspecified atom stereocenters. The van der Waals surface area contributed by atoms with Gasteiger partial charge in [-0.1, -0.05) is 18.3 Å². The first-order chi connectivity index (χ1) is 13.5. The van der Waals surface area contributed by atoms with Gasteiger partial charge < -0.3 is 9.30 Å². The van der Waals surface area contributed by atoms with Crippen molar-refractivity contribution < 1.29 is 14.5 Å².